The molecule has 1 aromatic carbocycles. The van der Waals surface area contributed by atoms with Gasteiger partial charge in [-0.3, -0.25) is 4.68 Å². The van der Waals surface area contributed by atoms with E-state index in [1.807, 2.05) is 55.2 Å². The number of benzene rings is 1. The summed E-state index contributed by atoms with van der Waals surface area (Å²) in [6.45, 7) is 2.67. The molecule has 0 saturated heterocycles. The molecule has 102 valence electrons. The summed E-state index contributed by atoms with van der Waals surface area (Å²) in [5, 5.41) is 4.16. The van der Waals surface area contributed by atoms with E-state index in [9.17, 15) is 0 Å². The molecule has 1 heterocycles. The lowest BCUT2D eigenvalue weighted by Crippen LogP contribution is -2.12. The average molecular weight is 259 g/mol. The van der Waals surface area contributed by atoms with E-state index in [1.165, 1.54) is 5.69 Å². The molecule has 0 spiro atoms. The fourth-order valence-corrected chi connectivity index (χ4v) is 2.09. The predicted octanol–water partition coefficient (Wildman–Crippen LogP) is 2.45. The van der Waals surface area contributed by atoms with Gasteiger partial charge in [0.2, 0.25) is 0 Å². The van der Waals surface area contributed by atoms with E-state index >= 15 is 0 Å². The van der Waals surface area contributed by atoms with Gasteiger partial charge in [0.25, 0.3) is 0 Å². The van der Waals surface area contributed by atoms with Gasteiger partial charge in [-0.05, 0) is 43.5 Å². The van der Waals surface area contributed by atoms with Crippen LogP contribution in [0.3, 0.4) is 0 Å². The van der Waals surface area contributed by atoms with Gasteiger partial charge in [0.15, 0.2) is 0 Å². The van der Waals surface area contributed by atoms with Crippen molar-refractivity contribution in [1.29, 1.82) is 0 Å². The van der Waals surface area contributed by atoms with Crippen LogP contribution < -0.4 is 10.5 Å². The molecule has 19 heavy (non-hydrogen) atoms. The number of aryl methyl sites for hydroxylation is 2. The zero-order valence-electron chi connectivity index (χ0n) is 11.5. The second kappa shape index (κ2) is 6.38. The van der Waals surface area contributed by atoms with Crippen molar-refractivity contribution >= 4 is 0 Å². The van der Waals surface area contributed by atoms with Gasteiger partial charge in [-0.2, -0.15) is 5.10 Å². The Hall–Kier alpha value is -1.81. The number of nitrogens with zero attached hydrogens (tertiary/aromatic N) is 2. The van der Waals surface area contributed by atoms with Crippen LogP contribution in [0.5, 0.6) is 5.75 Å². The Morgan fingerprint density at radius 3 is 2.58 bits per heavy atom. The number of aromatic nitrogens is 2. The highest BCUT2D eigenvalue weighted by Crippen LogP contribution is 2.20. The smallest absolute Gasteiger partial charge is 0.119 e. The Balaban J connectivity index is 1.92. The molecule has 0 radical (unpaired) electrons. The van der Waals surface area contributed by atoms with Crippen LogP contribution >= 0.6 is 0 Å². The molecule has 0 aliphatic rings. The summed E-state index contributed by atoms with van der Waals surface area (Å²) in [5.41, 5.74) is 8.57. The van der Waals surface area contributed by atoms with Crippen molar-refractivity contribution in [3.8, 4) is 5.75 Å². The van der Waals surface area contributed by atoms with E-state index < -0.39 is 0 Å². The minimum atomic E-state index is 0.0468. The van der Waals surface area contributed by atoms with Crippen LogP contribution in [0.25, 0.3) is 0 Å². The summed E-state index contributed by atoms with van der Waals surface area (Å²) < 4.78 is 7.32. The van der Waals surface area contributed by atoms with Crippen molar-refractivity contribution in [2.24, 2.45) is 12.8 Å². The predicted molar refractivity (Wildman–Crippen MR) is 76.1 cm³/mol. The molecule has 1 unspecified atom stereocenters. The number of ether oxygens (including phenoxy) is 1. The molecule has 0 fully saturated rings. The van der Waals surface area contributed by atoms with Crippen LogP contribution in [0.4, 0.5) is 0 Å². The topological polar surface area (TPSA) is 53.1 Å². The first-order chi connectivity index (χ1) is 9.20. The molecule has 0 amide bonds. The summed E-state index contributed by atoms with van der Waals surface area (Å²) in [7, 11) is 1.96. The fourth-order valence-electron chi connectivity index (χ4n) is 2.09. The third-order valence-corrected chi connectivity index (χ3v) is 3.25. The lowest BCUT2D eigenvalue weighted by atomic mass is 10.0. The molecule has 1 atom stereocenters. The molecule has 4 nitrogen and oxygen atoms in total. The molecule has 2 N–H and O–H groups in total. The third kappa shape index (κ3) is 3.58. The van der Waals surface area contributed by atoms with E-state index in [2.05, 4.69) is 5.10 Å². The number of hydrogen-bond donors (Lipinski definition) is 1. The fraction of sp³-hybridized carbons (Fsp3) is 0.400. The normalized spacial score (nSPS) is 12.4. The van der Waals surface area contributed by atoms with Crippen LogP contribution in [0, 0.1) is 0 Å². The van der Waals surface area contributed by atoms with Gasteiger partial charge in [0, 0.05) is 25.0 Å². The van der Waals surface area contributed by atoms with E-state index in [0.717, 1.165) is 24.2 Å². The molecular weight excluding hydrogens is 238 g/mol. The largest absolute Gasteiger partial charge is 0.494 e. The van der Waals surface area contributed by atoms with Gasteiger partial charge >= 0.3 is 0 Å². The highest BCUT2D eigenvalue weighted by molar-refractivity contribution is 5.29. The molecule has 0 bridgehead atoms. The number of rotatable bonds is 6. The lowest BCUT2D eigenvalue weighted by molar-refractivity contribution is 0.340. The van der Waals surface area contributed by atoms with E-state index in [4.69, 9.17) is 10.5 Å². The van der Waals surface area contributed by atoms with Gasteiger partial charge in [0.05, 0.1) is 6.61 Å². The summed E-state index contributed by atoms with van der Waals surface area (Å²) in [6, 6.07) is 10.1. The van der Waals surface area contributed by atoms with Gasteiger partial charge in [-0.25, -0.2) is 0 Å². The van der Waals surface area contributed by atoms with Crippen molar-refractivity contribution in [2.75, 3.05) is 6.61 Å². The molecule has 2 aromatic rings. The maximum atomic E-state index is 6.22. The molecule has 0 aliphatic carbocycles. The van der Waals surface area contributed by atoms with Crippen molar-refractivity contribution in [3.63, 3.8) is 0 Å². The lowest BCUT2D eigenvalue weighted by Gasteiger charge is -2.13. The highest BCUT2D eigenvalue weighted by atomic mass is 16.5. The Labute approximate surface area is 114 Å². The second-order valence-corrected chi connectivity index (χ2v) is 4.59. The quantitative estimate of drug-likeness (QED) is 0.867. The third-order valence-electron chi connectivity index (χ3n) is 3.25. The Kier molecular flexibility index (Phi) is 4.58. The van der Waals surface area contributed by atoms with Gasteiger partial charge < -0.3 is 10.5 Å². The van der Waals surface area contributed by atoms with E-state index in [1.54, 1.807) is 0 Å². The zero-order chi connectivity index (χ0) is 13.7. The number of nitrogens with two attached hydrogens (primary N) is 1. The second-order valence-electron chi connectivity index (χ2n) is 4.59. The van der Waals surface area contributed by atoms with Gasteiger partial charge in [0.1, 0.15) is 5.75 Å². The van der Waals surface area contributed by atoms with Crippen LogP contribution in [0.1, 0.15) is 30.6 Å². The number of hydrogen-bond acceptors (Lipinski definition) is 3. The average Bonchev–Trinajstić information content (AvgIpc) is 2.83. The van der Waals surface area contributed by atoms with Gasteiger partial charge in [-0.1, -0.05) is 12.1 Å². The van der Waals surface area contributed by atoms with Crippen molar-refractivity contribution in [3.05, 3.63) is 47.8 Å². The van der Waals surface area contributed by atoms with Crippen molar-refractivity contribution in [2.45, 2.75) is 25.8 Å². The van der Waals surface area contributed by atoms with Crippen molar-refractivity contribution < 1.29 is 4.74 Å². The standard InChI is InChI=1S/C15H21N3O/c1-3-19-14-7-4-12(5-8-14)15(16)9-6-13-10-11-17-18(13)2/h4-5,7-8,10-11,15H,3,6,9,16H2,1-2H3. The Bertz CT molecular complexity index is 504. The minimum Gasteiger partial charge on any atom is -0.494 e. The first-order valence-corrected chi connectivity index (χ1v) is 6.66. The maximum absolute atomic E-state index is 6.22. The summed E-state index contributed by atoms with van der Waals surface area (Å²) in [6.07, 6.45) is 3.66. The maximum Gasteiger partial charge on any atom is 0.119 e. The van der Waals surface area contributed by atoms with Crippen LogP contribution in [0.15, 0.2) is 36.5 Å². The molecule has 0 saturated carbocycles. The molecular formula is C15H21N3O. The summed E-state index contributed by atoms with van der Waals surface area (Å²) in [4.78, 5) is 0. The van der Waals surface area contributed by atoms with Gasteiger partial charge in [-0.15, -0.1) is 0 Å². The Morgan fingerprint density at radius 1 is 1.26 bits per heavy atom. The molecule has 4 heteroatoms. The molecule has 2 rings (SSSR count). The molecule has 1 aromatic heterocycles. The van der Waals surface area contributed by atoms with E-state index in [0.29, 0.717) is 6.61 Å². The minimum absolute atomic E-state index is 0.0468. The SMILES string of the molecule is CCOc1ccc(C(N)CCc2ccnn2C)cc1. The van der Waals surface area contributed by atoms with Crippen molar-refractivity contribution in [1.82, 2.24) is 9.78 Å². The highest BCUT2D eigenvalue weighted by Gasteiger charge is 2.08. The Morgan fingerprint density at radius 2 is 2.00 bits per heavy atom. The summed E-state index contributed by atoms with van der Waals surface area (Å²) >= 11 is 0. The van der Waals surface area contributed by atoms with Crippen LogP contribution in [0.2, 0.25) is 0 Å². The monoisotopic (exact) mass is 259 g/mol. The van der Waals surface area contributed by atoms with E-state index in [-0.39, 0.29) is 6.04 Å². The first kappa shape index (κ1) is 13.6. The first-order valence-electron chi connectivity index (χ1n) is 6.66. The van der Waals surface area contributed by atoms with Crippen LogP contribution in [-0.2, 0) is 13.5 Å². The zero-order valence-corrected chi connectivity index (χ0v) is 11.5. The van der Waals surface area contributed by atoms with Crippen LogP contribution in [-0.4, -0.2) is 16.4 Å². The molecule has 0 aliphatic heterocycles. The summed E-state index contributed by atoms with van der Waals surface area (Å²) in [5.74, 6) is 0.894.